The van der Waals surface area contributed by atoms with Crippen LogP contribution in [0.5, 0.6) is 5.88 Å². The Bertz CT molecular complexity index is 568. The molecule has 0 N–H and O–H groups in total. The number of hydrogen-bond donors (Lipinski definition) is 0. The maximum atomic E-state index is 12.7. The molecule has 1 aromatic rings. The summed E-state index contributed by atoms with van der Waals surface area (Å²) >= 11 is 0. The number of hydrogen-bond acceptors (Lipinski definition) is 5. The van der Waals surface area contributed by atoms with Gasteiger partial charge in [-0.2, -0.15) is 18.2 Å². The molecule has 0 spiro atoms. The molecular formula is C15H21F3N4O2. The predicted octanol–water partition coefficient (Wildman–Crippen LogP) is 2.11. The average molecular weight is 346 g/mol. The molecule has 1 aliphatic heterocycles. The van der Waals surface area contributed by atoms with Crippen molar-refractivity contribution in [3.05, 3.63) is 12.3 Å². The number of halogens is 3. The van der Waals surface area contributed by atoms with Gasteiger partial charge in [0.05, 0.1) is 6.61 Å². The van der Waals surface area contributed by atoms with Crippen LogP contribution in [-0.4, -0.2) is 59.7 Å². The van der Waals surface area contributed by atoms with E-state index in [4.69, 9.17) is 4.74 Å². The van der Waals surface area contributed by atoms with Gasteiger partial charge in [-0.1, -0.05) is 0 Å². The number of nitrogens with zero attached hydrogens (tertiary/aromatic N) is 4. The molecule has 24 heavy (non-hydrogen) atoms. The van der Waals surface area contributed by atoms with Gasteiger partial charge in [0.2, 0.25) is 17.7 Å². The maximum absolute atomic E-state index is 12.7. The van der Waals surface area contributed by atoms with E-state index in [1.54, 1.807) is 12.3 Å². The SMILES string of the molecule is CCOc1ccnc(N2CCCN(C(=O)C(C)C(F)(F)F)CC2)n1. The van der Waals surface area contributed by atoms with Gasteiger partial charge >= 0.3 is 6.18 Å². The van der Waals surface area contributed by atoms with E-state index in [1.807, 2.05) is 11.8 Å². The standard InChI is InChI=1S/C15H21F3N4O2/c1-3-24-12-5-6-19-14(20-12)22-8-4-7-21(9-10-22)13(23)11(2)15(16,17)18/h5-6,11H,3-4,7-10H2,1-2H3. The van der Waals surface area contributed by atoms with Crippen LogP contribution in [0.3, 0.4) is 0 Å². The first-order valence-electron chi connectivity index (χ1n) is 7.89. The fraction of sp³-hybridized carbons (Fsp3) is 0.667. The highest BCUT2D eigenvalue weighted by atomic mass is 19.4. The molecule has 2 heterocycles. The Hall–Kier alpha value is -2.06. The summed E-state index contributed by atoms with van der Waals surface area (Å²) in [6, 6.07) is 1.64. The monoisotopic (exact) mass is 346 g/mol. The van der Waals surface area contributed by atoms with Crippen molar-refractivity contribution in [3.63, 3.8) is 0 Å². The summed E-state index contributed by atoms with van der Waals surface area (Å²) < 4.78 is 43.5. The number of carbonyl (C=O) groups excluding carboxylic acids is 1. The zero-order valence-corrected chi connectivity index (χ0v) is 13.7. The van der Waals surface area contributed by atoms with Crippen LogP contribution in [0.25, 0.3) is 0 Å². The Morgan fingerprint density at radius 1 is 1.33 bits per heavy atom. The van der Waals surface area contributed by atoms with Crippen LogP contribution in [0.1, 0.15) is 20.3 Å². The van der Waals surface area contributed by atoms with Gasteiger partial charge in [0.15, 0.2) is 0 Å². The second-order valence-electron chi connectivity index (χ2n) is 5.56. The van der Waals surface area contributed by atoms with Crippen LogP contribution in [0.2, 0.25) is 0 Å². The van der Waals surface area contributed by atoms with E-state index in [2.05, 4.69) is 9.97 Å². The summed E-state index contributed by atoms with van der Waals surface area (Å²) in [5, 5.41) is 0. The first kappa shape index (κ1) is 18.3. The van der Waals surface area contributed by atoms with E-state index in [-0.39, 0.29) is 6.54 Å². The molecule has 1 fully saturated rings. The van der Waals surface area contributed by atoms with E-state index >= 15 is 0 Å². The van der Waals surface area contributed by atoms with E-state index in [0.717, 1.165) is 6.92 Å². The van der Waals surface area contributed by atoms with Gasteiger partial charge in [-0.25, -0.2) is 4.98 Å². The van der Waals surface area contributed by atoms with Crippen LogP contribution in [0.15, 0.2) is 12.3 Å². The number of rotatable bonds is 4. The van der Waals surface area contributed by atoms with Crippen molar-refractivity contribution in [1.29, 1.82) is 0 Å². The first-order valence-corrected chi connectivity index (χ1v) is 7.89. The Labute approximate surface area is 138 Å². The lowest BCUT2D eigenvalue weighted by molar-refractivity contribution is -0.185. The van der Waals surface area contributed by atoms with E-state index in [0.29, 0.717) is 44.5 Å². The minimum atomic E-state index is -4.52. The molecule has 134 valence electrons. The summed E-state index contributed by atoms with van der Waals surface area (Å²) in [4.78, 5) is 23.6. The molecule has 1 saturated heterocycles. The van der Waals surface area contributed by atoms with Gasteiger partial charge in [0.25, 0.3) is 0 Å². The topological polar surface area (TPSA) is 58.6 Å². The largest absolute Gasteiger partial charge is 0.478 e. The van der Waals surface area contributed by atoms with Gasteiger partial charge in [0, 0.05) is 38.4 Å². The lowest BCUT2D eigenvalue weighted by atomic mass is 10.1. The predicted molar refractivity (Wildman–Crippen MR) is 81.8 cm³/mol. The van der Waals surface area contributed by atoms with Crippen molar-refractivity contribution in [2.45, 2.75) is 26.4 Å². The third-order valence-electron chi connectivity index (χ3n) is 3.86. The van der Waals surface area contributed by atoms with Gasteiger partial charge < -0.3 is 14.5 Å². The van der Waals surface area contributed by atoms with Crippen LogP contribution in [0.4, 0.5) is 19.1 Å². The second kappa shape index (κ2) is 7.67. The molecule has 0 aliphatic carbocycles. The zero-order valence-electron chi connectivity index (χ0n) is 13.7. The van der Waals surface area contributed by atoms with Crippen molar-refractivity contribution >= 4 is 11.9 Å². The summed E-state index contributed by atoms with van der Waals surface area (Å²) in [6.45, 7) is 4.68. The molecule has 1 unspecified atom stereocenters. The van der Waals surface area contributed by atoms with Gasteiger partial charge in [-0.3, -0.25) is 4.79 Å². The molecule has 1 aromatic heterocycles. The van der Waals surface area contributed by atoms with E-state index < -0.39 is 18.0 Å². The third kappa shape index (κ3) is 4.48. The van der Waals surface area contributed by atoms with Crippen molar-refractivity contribution < 1.29 is 22.7 Å². The number of aromatic nitrogens is 2. The highest BCUT2D eigenvalue weighted by Gasteiger charge is 2.43. The molecule has 1 amide bonds. The summed E-state index contributed by atoms with van der Waals surface area (Å²) in [6.07, 6.45) is -2.39. The highest BCUT2D eigenvalue weighted by molar-refractivity contribution is 5.79. The zero-order chi connectivity index (χ0) is 17.7. The number of alkyl halides is 3. The number of anilines is 1. The Balaban J connectivity index is 2.02. The number of ether oxygens (including phenoxy) is 1. The smallest absolute Gasteiger partial charge is 0.400 e. The van der Waals surface area contributed by atoms with Crippen LogP contribution in [-0.2, 0) is 4.79 Å². The molecule has 0 radical (unpaired) electrons. The quantitative estimate of drug-likeness (QED) is 0.836. The van der Waals surface area contributed by atoms with E-state index in [9.17, 15) is 18.0 Å². The molecule has 6 nitrogen and oxygen atoms in total. The lowest BCUT2D eigenvalue weighted by Gasteiger charge is -2.25. The molecule has 1 aliphatic rings. The van der Waals surface area contributed by atoms with Crippen molar-refractivity contribution in [2.24, 2.45) is 5.92 Å². The average Bonchev–Trinajstić information content (AvgIpc) is 2.79. The highest BCUT2D eigenvalue weighted by Crippen LogP contribution is 2.27. The fourth-order valence-electron chi connectivity index (χ4n) is 2.46. The Kier molecular flexibility index (Phi) is 5.84. The minimum Gasteiger partial charge on any atom is -0.478 e. The lowest BCUT2D eigenvalue weighted by Crippen LogP contribution is -2.42. The first-order chi connectivity index (χ1) is 11.3. The Morgan fingerprint density at radius 3 is 2.75 bits per heavy atom. The molecule has 1 atom stereocenters. The van der Waals surface area contributed by atoms with Gasteiger partial charge in [-0.15, -0.1) is 0 Å². The summed E-state index contributed by atoms with van der Waals surface area (Å²) in [7, 11) is 0. The number of carbonyl (C=O) groups is 1. The second-order valence-corrected chi connectivity index (χ2v) is 5.56. The Morgan fingerprint density at radius 2 is 2.08 bits per heavy atom. The van der Waals surface area contributed by atoms with Gasteiger partial charge in [-0.05, 0) is 20.3 Å². The molecule has 9 heteroatoms. The van der Waals surface area contributed by atoms with Crippen molar-refractivity contribution in [2.75, 3.05) is 37.7 Å². The van der Waals surface area contributed by atoms with Gasteiger partial charge in [0.1, 0.15) is 5.92 Å². The fourth-order valence-corrected chi connectivity index (χ4v) is 2.46. The summed E-state index contributed by atoms with van der Waals surface area (Å²) in [5.41, 5.74) is 0. The molecular weight excluding hydrogens is 325 g/mol. The van der Waals surface area contributed by atoms with Crippen molar-refractivity contribution in [1.82, 2.24) is 14.9 Å². The normalized spacial score (nSPS) is 17.4. The molecule has 0 bridgehead atoms. The summed E-state index contributed by atoms with van der Waals surface area (Å²) in [5.74, 6) is -1.96. The molecule has 2 rings (SSSR count). The van der Waals surface area contributed by atoms with Crippen LogP contribution >= 0.6 is 0 Å². The number of amides is 1. The molecule has 0 saturated carbocycles. The molecule has 0 aromatic carbocycles. The van der Waals surface area contributed by atoms with Crippen LogP contribution in [0, 0.1) is 5.92 Å². The van der Waals surface area contributed by atoms with E-state index in [1.165, 1.54) is 4.90 Å². The minimum absolute atomic E-state index is 0.210. The van der Waals surface area contributed by atoms with Crippen LogP contribution < -0.4 is 9.64 Å². The van der Waals surface area contributed by atoms with Crippen molar-refractivity contribution in [3.8, 4) is 5.88 Å². The maximum Gasteiger partial charge on any atom is 0.400 e. The third-order valence-corrected chi connectivity index (χ3v) is 3.86.